The third-order valence-corrected chi connectivity index (χ3v) is 3.35. The number of benzene rings is 1. The first kappa shape index (κ1) is 17.6. The van der Waals surface area contributed by atoms with Crippen molar-refractivity contribution in [2.24, 2.45) is 0 Å². The molecule has 1 atom stereocenters. The standard InChI is InChI=1S/C10H12O6S.Na/c1-7-3-5-8(6-4-7)17(14,15)16-10(2,13)9(11)12;/h3-6,13H,1-2H3,(H,11,12);/q;+1/p-1. The van der Waals surface area contributed by atoms with Crippen LogP contribution in [0.2, 0.25) is 0 Å². The molecule has 1 aromatic carbocycles. The molecule has 0 aliphatic heterocycles. The fourth-order valence-corrected chi connectivity index (χ4v) is 2.06. The van der Waals surface area contributed by atoms with Crippen molar-refractivity contribution in [1.29, 1.82) is 0 Å². The Morgan fingerprint density at radius 2 is 1.78 bits per heavy atom. The second-order valence-electron chi connectivity index (χ2n) is 3.62. The largest absolute Gasteiger partial charge is 1.00 e. The van der Waals surface area contributed by atoms with E-state index in [0.29, 0.717) is 6.92 Å². The maximum atomic E-state index is 11.6. The number of hydrogen-bond donors (Lipinski definition) is 1. The van der Waals surface area contributed by atoms with Gasteiger partial charge in [0.1, 0.15) is 5.97 Å². The quantitative estimate of drug-likeness (QED) is 0.345. The topological polar surface area (TPSA) is 104 Å². The number of aryl methyl sites for hydroxylation is 1. The van der Waals surface area contributed by atoms with Crippen molar-refractivity contribution in [2.75, 3.05) is 0 Å². The molecule has 8 heteroatoms. The van der Waals surface area contributed by atoms with Crippen LogP contribution >= 0.6 is 0 Å². The van der Waals surface area contributed by atoms with Crippen molar-refractivity contribution in [2.45, 2.75) is 24.5 Å². The predicted molar refractivity (Wildman–Crippen MR) is 55.1 cm³/mol. The Kier molecular flexibility index (Phi) is 5.99. The van der Waals surface area contributed by atoms with Crippen molar-refractivity contribution in [3.63, 3.8) is 0 Å². The van der Waals surface area contributed by atoms with Crippen molar-refractivity contribution in [1.82, 2.24) is 0 Å². The average molecular weight is 282 g/mol. The van der Waals surface area contributed by atoms with E-state index in [0.717, 1.165) is 5.56 Å². The van der Waals surface area contributed by atoms with Crippen LogP contribution in [0.1, 0.15) is 12.5 Å². The van der Waals surface area contributed by atoms with Crippen LogP contribution in [0.4, 0.5) is 0 Å². The van der Waals surface area contributed by atoms with Gasteiger partial charge in [-0.15, -0.1) is 0 Å². The van der Waals surface area contributed by atoms with Crippen molar-refractivity contribution < 1.29 is 57.2 Å². The van der Waals surface area contributed by atoms with Gasteiger partial charge in [-0.25, -0.2) is 4.18 Å². The number of carbonyl (C=O) groups is 1. The molecule has 0 saturated carbocycles. The molecule has 94 valence electrons. The molecule has 0 bridgehead atoms. The Hall–Kier alpha value is -0.440. The van der Waals surface area contributed by atoms with Gasteiger partial charge in [0.25, 0.3) is 10.1 Å². The predicted octanol–water partition coefficient (Wildman–Crippen LogP) is -3.84. The first-order valence-electron chi connectivity index (χ1n) is 4.61. The molecule has 0 radical (unpaired) electrons. The molecular weight excluding hydrogens is 271 g/mol. The Balaban J connectivity index is 0.00000289. The van der Waals surface area contributed by atoms with Crippen molar-refractivity contribution in [3.8, 4) is 0 Å². The summed E-state index contributed by atoms with van der Waals surface area (Å²) in [5.41, 5.74) is 0.829. The second-order valence-corrected chi connectivity index (χ2v) is 5.17. The molecule has 0 aliphatic carbocycles. The van der Waals surface area contributed by atoms with E-state index in [1.807, 2.05) is 0 Å². The Morgan fingerprint density at radius 3 is 2.17 bits per heavy atom. The van der Waals surface area contributed by atoms with Crippen molar-refractivity contribution in [3.05, 3.63) is 29.8 Å². The Morgan fingerprint density at radius 1 is 1.33 bits per heavy atom. The van der Waals surface area contributed by atoms with Gasteiger partial charge >= 0.3 is 29.6 Å². The smallest absolute Gasteiger partial charge is 0.544 e. The minimum Gasteiger partial charge on any atom is -0.544 e. The summed E-state index contributed by atoms with van der Waals surface area (Å²) in [7, 11) is -4.35. The molecule has 0 heterocycles. The van der Waals surface area contributed by atoms with Gasteiger partial charge in [-0.05, 0) is 26.0 Å². The molecule has 1 unspecified atom stereocenters. The normalized spacial score (nSPS) is 14.4. The van der Waals surface area contributed by atoms with E-state index >= 15 is 0 Å². The fourth-order valence-electron chi connectivity index (χ4n) is 1.00. The minimum atomic E-state index is -4.35. The van der Waals surface area contributed by atoms with E-state index in [-0.39, 0.29) is 34.5 Å². The van der Waals surface area contributed by atoms with E-state index in [2.05, 4.69) is 4.18 Å². The molecule has 1 rings (SSSR count). The molecule has 0 amide bonds. The maximum absolute atomic E-state index is 11.6. The summed E-state index contributed by atoms with van der Waals surface area (Å²) >= 11 is 0. The number of carbonyl (C=O) groups excluding carboxylic acids is 1. The van der Waals surface area contributed by atoms with Gasteiger partial charge < -0.3 is 15.0 Å². The number of aliphatic hydroxyl groups is 1. The molecule has 0 aliphatic rings. The number of carboxylic acid groups (broad SMARTS) is 1. The first-order valence-corrected chi connectivity index (χ1v) is 6.02. The van der Waals surface area contributed by atoms with E-state index in [4.69, 9.17) is 0 Å². The molecule has 1 N–H and O–H groups in total. The molecular formula is C10H11NaO6S. The summed E-state index contributed by atoms with van der Waals surface area (Å²) in [6.45, 7) is 2.43. The summed E-state index contributed by atoms with van der Waals surface area (Å²) in [5.74, 6) is -4.93. The first-order chi connectivity index (χ1) is 7.65. The maximum Gasteiger partial charge on any atom is 1.00 e. The van der Waals surface area contributed by atoms with Gasteiger partial charge in [-0.1, -0.05) is 17.7 Å². The Bertz CT molecular complexity index is 520. The number of aliphatic carboxylic acids is 1. The van der Waals surface area contributed by atoms with E-state index < -0.39 is 21.9 Å². The van der Waals surface area contributed by atoms with Crippen LogP contribution < -0.4 is 34.7 Å². The zero-order valence-electron chi connectivity index (χ0n) is 10.2. The van der Waals surface area contributed by atoms with Crippen LogP contribution in [-0.4, -0.2) is 25.3 Å². The van der Waals surface area contributed by atoms with Gasteiger partial charge in [0.2, 0.25) is 5.79 Å². The van der Waals surface area contributed by atoms with E-state index in [1.165, 1.54) is 24.3 Å². The summed E-state index contributed by atoms with van der Waals surface area (Å²) in [6.07, 6.45) is 0. The number of hydrogen-bond acceptors (Lipinski definition) is 6. The Labute approximate surface area is 127 Å². The van der Waals surface area contributed by atoms with Crippen LogP contribution in [0.25, 0.3) is 0 Å². The molecule has 0 fully saturated rings. The monoisotopic (exact) mass is 282 g/mol. The van der Waals surface area contributed by atoms with E-state index in [1.54, 1.807) is 6.92 Å². The summed E-state index contributed by atoms with van der Waals surface area (Å²) in [6, 6.07) is 5.53. The number of carboxylic acids is 1. The second kappa shape index (κ2) is 6.14. The van der Waals surface area contributed by atoms with Gasteiger partial charge in [-0.2, -0.15) is 8.42 Å². The van der Waals surface area contributed by atoms with Crippen LogP contribution in [0.5, 0.6) is 0 Å². The van der Waals surface area contributed by atoms with Gasteiger partial charge in [-0.3, -0.25) is 0 Å². The van der Waals surface area contributed by atoms with E-state index in [9.17, 15) is 23.4 Å². The zero-order valence-corrected chi connectivity index (χ0v) is 13.0. The molecule has 0 aromatic heterocycles. The fraction of sp³-hybridized carbons (Fsp3) is 0.300. The van der Waals surface area contributed by atoms with Gasteiger partial charge in [0.15, 0.2) is 0 Å². The van der Waals surface area contributed by atoms with Crippen LogP contribution in [0, 0.1) is 6.92 Å². The minimum absolute atomic E-state index is 0. The molecule has 18 heavy (non-hydrogen) atoms. The molecule has 1 aromatic rings. The number of rotatable bonds is 4. The summed E-state index contributed by atoms with van der Waals surface area (Å²) in [4.78, 5) is 10.2. The SMILES string of the molecule is Cc1ccc(S(=O)(=O)OC(C)(O)C(=O)[O-])cc1.[Na+]. The van der Waals surface area contributed by atoms with Crippen LogP contribution in [0.15, 0.2) is 29.2 Å². The average Bonchev–Trinajstić information content (AvgIpc) is 2.16. The third kappa shape index (κ3) is 4.34. The van der Waals surface area contributed by atoms with Crippen LogP contribution in [-0.2, 0) is 19.1 Å². The summed E-state index contributed by atoms with van der Waals surface area (Å²) in [5, 5.41) is 19.6. The van der Waals surface area contributed by atoms with Gasteiger partial charge in [0.05, 0.1) is 4.90 Å². The molecule has 0 spiro atoms. The molecule has 6 nitrogen and oxygen atoms in total. The molecule has 0 saturated heterocycles. The van der Waals surface area contributed by atoms with Gasteiger partial charge in [0, 0.05) is 0 Å². The zero-order chi connectivity index (χ0) is 13.3. The summed E-state index contributed by atoms with van der Waals surface area (Å²) < 4.78 is 27.4. The van der Waals surface area contributed by atoms with Crippen LogP contribution in [0.3, 0.4) is 0 Å². The van der Waals surface area contributed by atoms with Crippen molar-refractivity contribution >= 4 is 16.1 Å². The third-order valence-electron chi connectivity index (χ3n) is 1.96.